The van der Waals surface area contributed by atoms with Crippen LogP contribution in [0.25, 0.3) is 0 Å². The molecule has 0 aliphatic heterocycles. The summed E-state index contributed by atoms with van der Waals surface area (Å²) in [7, 11) is 0. The van der Waals surface area contributed by atoms with Crippen LogP contribution in [0, 0.1) is 0 Å². The highest BCUT2D eigenvalue weighted by atomic mass is 16.5. The number of ether oxygens (including phenoxy) is 1. The highest BCUT2D eigenvalue weighted by molar-refractivity contribution is 5.76. The zero-order chi connectivity index (χ0) is 48.1. The van der Waals surface area contributed by atoms with E-state index in [1.165, 1.54) is 250 Å². The molecule has 0 saturated carbocycles. The van der Waals surface area contributed by atoms with Crippen molar-refractivity contribution in [3.63, 3.8) is 0 Å². The molecule has 0 aliphatic carbocycles. The fraction of sp³-hybridized carbons (Fsp3) is 0.966. The molecule has 0 aromatic heterocycles. The van der Waals surface area contributed by atoms with Crippen LogP contribution < -0.4 is 5.32 Å². The fourth-order valence-electron chi connectivity index (χ4n) is 9.62. The Morgan fingerprint density at radius 1 is 0.379 bits per heavy atom. The standard InChI is InChI=1S/C59H117NO6/c1-3-5-7-9-11-13-15-17-24-28-32-36-40-44-48-52-58(64)66-53-49-45-41-37-33-29-26-23-21-19-18-20-22-25-27-31-35-39-43-47-51-57(63)60-55(54-61)59(65)56(62)50-46-42-38-34-30-16-14-12-10-8-6-4-2/h55-56,59,61-62,65H,3-54H2,1-2H3,(H,60,63)/t55-,56+,59-/m0/s1. The van der Waals surface area contributed by atoms with Gasteiger partial charge in [0.1, 0.15) is 6.10 Å². The minimum Gasteiger partial charge on any atom is -0.466 e. The Morgan fingerprint density at radius 2 is 0.652 bits per heavy atom. The molecule has 0 fully saturated rings. The third kappa shape index (κ3) is 49.2. The minimum absolute atomic E-state index is 0.00976. The first-order valence-corrected chi connectivity index (χ1v) is 29.9. The molecule has 0 bridgehead atoms. The molecule has 0 aromatic rings. The average Bonchev–Trinajstić information content (AvgIpc) is 3.32. The molecule has 7 nitrogen and oxygen atoms in total. The molecule has 394 valence electrons. The summed E-state index contributed by atoms with van der Waals surface area (Å²) in [5.41, 5.74) is 0. The monoisotopic (exact) mass is 936 g/mol. The van der Waals surface area contributed by atoms with E-state index in [0.717, 1.165) is 51.4 Å². The second-order valence-corrected chi connectivity index (χ2v) is 20.8. The first kappa shape index (κ1) is 64.8. The summed E-state index contributed by atoms with van der Waals surface area (Å²) in [6.07, 6.45) is 59.9. The predicted molar refractivity (Wildman–Crippen MR) is 284 cm³/mol. The number of unbranched alkanes of at least 4 members (excludes halogenated alkanes) is 44. The minimum atomic E-state index is -1.14. The quantitative estimate of drug-likeness (QED) is 0.0357. The Kier molecular flexibility index (Phi) is 53.8. The average molecular weight is 937 g/mol. The van der Waals surface area contributed by atoms with Crippen molar-refractivity contribution in [1.29, 1.82) is 0 Å². The molecule has 3 atom stereocenters. The number of nitrogens with one attached hydrogen (secondary N) is 1. The lowest BCUT2D eigenvalue weighted by atomic mass is 9.99. The maximum atomic E-state index is 12.5. The maximum Gasteiger partial charge on any atom is 0.305 e. The van der Waals surface area contributed by atoms with Crippen LogP contribution in [0.4, 0.5) is 0 Å². The molecule has 0 saturated heterocycles. The summed E-state index contributed by atoms with van der Waals surface area (Å²) in [5, 5.41) is 33.6. The number of aliphatic hydroxyl groups excluding tert-OH is 3. The van der Waals surface area contributed by atoms with Crippen LogP contribution in [0.5, 0.6) is 0 Å². The topological polar surface area (TPSA) is 116 Å². The number of amides is 1. The van der Waals surface area contributed by atoms with E-state index in [1.54, 1.807) is 0 Å². The van der Waals surface area contributed by atoms with Gasteiger partial charge in [0.2, 0.25) is 5.91 Å². The fourth-order valence-corrected chi connectivity index (χ4v) is 9.62. The number of hydrogen-bond acceptors (Lipinski definition) is 6. The van der Waals surface area contributed by atoms with Crippen molar-refractivity contribution in [3.05, 3.63) is 0 Å². The summed E-state index contributed by atoms with van der Waals surface area (Å²) >= 11 is 0. The van der Waals surface area contributed by atoms with Crippen LogP contribution in [0.3, 0.4) is 0 Å². The molecule has 0 rings (SSSR count). The second-order valence-electron chi connectivity index (χ2n) is 20.8. The Bertz CT molecular complexity index is 963. The van der Waals surface area contributed by atoms with Gasteiger partial charge < -0.3 is 25.4 Å². The highest BCUT2D eigenvalue weighted by Crippen LogP contribution is 2.18. The van der Waals surface area contributed by atoms with E-state index in [2.05, 4.69) is 19.2 Å². The van der Waals surface area contributed by atoms with Gasteiger partial charge >= 0.3 is 5.97 Å². The van der Waals surface area contributed by atoms with Crippen LogP contribution in [0.15, 0.2) is 0 Å². The smallest absolute Gasteiger partial charge is 0.305 e. The van der Waals surface area contributed by atoms with Crippen LogP contribution in [0.2, 0.25) is 0 Å². The van der Waals surface area contributed by atoms with Gasteiger partial charge in [-0.3, -0.25) is 9.59 Å². The lowest BCUT2D eigenvalue weighted by molar-refractivity contribution is -0.143. The second kappa shape index (κ2) is 54.8. The molecule has 0 unspecified atom stereocenters. The van der Waals surface area contributed by atoms with Crippen LogP contribution in [-0.2, 0) is 14.3 Å². The zero-order valence-electron chi connectivity index (χ0n) is 44.6. The number of hydrogen-bond donors (Lipinski definition) is 4. The molecule has 7 heteroatoms. The van der Waals surface area contributed by atoms with Crippen molar-refractivity contribution in [3.8, 4) is 0 Å². The van der Waals surface area contributed by atoms with Gasteiger partial charge in [0.25, 0.3) is 0 Å². The van der Waals surface area contributed by atoms with Gasteiger partial charge in [-0.25, -0.2) is 0 Å². The molecular weight excluding hydrogens is 819 g/mol. The maximum absolute atomic E-state index is 12.5. The third-order valence-electron chi connectivity index (χ3n) is 14.2. The summed E-state index contributed by atoms with van der Waals surface area (Å²) in [4.78, 5) is 24.5. The summed E-state index contributed by atoms with van der Waals surface area (Å²) in [5.74, 6) is -0.139. The molecule has 0 spiro atoms. The van der Waals surface area contributed by atoms with Crippen molar-refractivity contribution in [2.24, 2.45) is 0 Å². The molecule has 0 aromatic carbocycles. The van der Waals surface area contributed by atoms with Crippen LogP contribution in [0.1, 0.15) is 335 Å². The van der Waals surface area contributed by atoms with Gasteiger partial charge in [-0.2, -0.15) is 0 Å². The van der Waals surface area contributed by atoms with E-state index in [9.17, 15) is 24.9 Å². The van der Waals surface area contributed by atoms with Gasteiger partial charge in [-0.1, -0.05) is 296 Å². The first-order valence-electron chi connectivity index (χ1n) is 29.9. The summed E-state index contributed by atoms with van der Waals surface area (Å²) < 4.78 is 5.48. The van der Waals surface area contributed by atoms with Gasteiger partial charge in [0, 0.05) is 12.8 Å². The molecule has 66 heavy (non-hydrogen) atoms. The van der Waals surface area contributed by atoms with E-state index in [1.807, 2.05) is 0 Å². The van der Waals surface area contributed by atoms with Crippen molar-refractivity contribution >= 4 is 11.9 Å². The van der Waals surface area contributed by atoms with Crippen molar-refractivity contribution < 1.29 is 29.6 Å². The van der Waals surface area contributed by atoms with Crippen molar-refractivity contribution in [2.45, 2.75) is 353 Å². The highest BCUT2D eigenvalue weighted by Gasteiger charge is 2.26. The van der Waals surface area contributed by atoms with E-state index in [-0.39, 0.29) is 18.5 Å². The number of carbonyl (C=O) groups excluding carboxylic acids is 2. The van der Waals surface area contributed by atoms with E-state index in [0.29, 0.717) is 25.9 Å². The van der Waals surface area contributed by atoms with Crippen molar-refractivity contribution in [2.75, 3.05) is 13.2 Å². The first-order chi connectivity index (χ1) is 32.5. The van der Waals surface area contributed by atoms with E-state index < -0.39 is 18.2 Å². The van der Waals surface area contributed by atoms with Gasteiger partial charge in [0.05, 0.1) is 25.4 Å². The number of esters is 1. The summed E-state index contributed by atoms with van der Waals surface area (Å²) in [6.45, 7) is 4.78. The lowest BCUT2D eigenvalue weighted by Gasteiger charge is -2.26. The van der Waals surface area contributed by atoms with Crippen LogP contribution >= 0.6 is 0 Å². The lowest BCUT2D eigenvalue weighted by Crippen LogP contribution is -2.50. The molecule has 4 N–H and O–H groups in total. The van der Waals surface area contributed by atoms with Crippen LogP contribution in [-0.4, -0.2) is 58.7 Å². The SMILES string of the molecule is CCCCCCCCCCCCCCCCCC(=O)OCCCCCCCCCCCCCCCCCCCCCCC(=O)N[C@@H](CO)[C@H](O)[C@H](O)CCCCCCCCCCCCCC. The van der Waals surface area contributed by atoms with Crippen molar-refractivity contribution in [1.82, 2.24) is 5.32 Å². The van der Waals surface area contributed by atoms with Gasteiger partial charge in [-0.15, -0.1) is 0 Å². The van der Waals surface area contributed by atoms with E-state index in [4.69, 9.17) is 4.74 Å². The molecule has 0 heterocycles. The normalized spacial score (nSPS) is 13.0. The Labute approximate surface area is 411 Å². The molecular formula is C59H117NO6. The Hall–Kier alpha value is -1.18. The van der Waals surface area contributed by atoms with Gasteiger partial charge in [0.15, 0.2) is 0 Å². The number of carbonyl (C=O) groups is 2. The Morgan fingerprint density at radius 3 is 0.970 bits per heavy atom. The molecule has 0 radical (unpaired) electrons. The summed E-state index contributed by atoms with van der Waals surface area (Å²) in [6, 6.07) is -0.814. The third-order valence-corrected chi connectivity index (χ3v) is 14.2. The molecule has 0 aliphatic rings. The molecule has 1 amide bonds. The zero-order valence-corrected chi connectivity index (χ0v) is 44.6. The van der Waals surface area contributed by atoms with E-state index >= 15 is 0 Å². The number of rotatable bonds is 56. The Balaban J connectivity index is 3.42. The van der Waals surface area contributed by atoms with Gasteiger partial charge in [-0.05, 0) is 25.7 Å². The number of aliphatic hydroxyl groups is 3. The predicted octanol–water partition coefficient (Wildman–Crippen LogP) is 17.3. The largest absolute Gasteiger partial charge is 0.466 e.